The van der Waals surface area contributed by atoms with Crippen molar-refractivity contribution < 1.29 is 23.7 Å². The zero-order chi connectivity index (χ0) is 18.2. The largest absolute Gasteiger partial charge is 0.493 e. The van der Waals surface area contributed by atoms with E-state index in [4.69, 9.17) is 18.9 Å². The van der Waals surface area contributed by atoms with Crippen LogP contribution in [0.4, 0.5) is 0 Å². The van der Waals surface area contributed by atoms with E-state index >= 15 is 0 Å². The van der Waals surface area contributed by atoms with Crippen molar-refractivity contribution >= 4 is 5.78 Å². The summed E-state index contributed by atoms with van der Waals surface area (Å²) in [5.74, 6) is 2.12. The Morgan fingerprint density at radius 1 is 0.840 bits per heavy atom. The Morgan fingerprint density at radius 3 is 2.12 bits per heavy atom. The molecule has 0 bridgehead atoms. The zero-order valence-corrected chi connectivity index (χ0v) is 15.1. The number of ketones is 1. The van der Waals surface area contributed by atoms with Gasteiger partial charge in [-0.15, -0.1) is 0 Å². The van der Waals surface area contributed by atoms with Crippen molar-refractivity contribution in [2.45, 2.75) is 19.8 Å². The van der Waals surface area contributed by atoms with Crippen LogP contribution >= 0.6 is 0 Å². The first-order chi connectivity index (χ1) is 12.1. The van der Waals surface area contributed by atoms with Gasteiger partial charge in [-0.3, -0.25) is 4.79 Å². The number of ether oxygens (including phenoxy) is 4. The maximum atomic E-state index is 12.4. The molecule has 0 atom stereocenters. The van der Waals surface area contributed by atoms with Gasteiger partial charge in [-0.25, -0.2) is 0 Å². The fraction of sp³-hybridized carbons (Fsp3) is 0.350. The third kappa shape index (κ3) is 4.66. The molecule has 2 aromatic rings. The van der Waals surface area contributed by atoms with E-state index in [2.05, 4.69) is 6.92 Å². The van der Waals surface area contributed by atoms with Crippen LogP contribution in [0.15, 0.2) is 36.4 Å². The molecule has 0 saturated carbocycles. The predicted molar refractivity (Wildman–Crippen MR) is 96.4 cm³/mol. The predicted octanol–water partition coefficient (Wildman–Crippen LogP) is 3.93. The Morgan fingerprint density at radius 2 is 1.48 bits per heavy atom. The molecule has 25 heavy (non-hydrogen) atoms. The summed E-state index contributed by atoms with van der Waals surface area (Å²) in [5, 5.41) is 0. The molecule has 0 amide bonds. The minimum atomic E-state index is -0.152. The van der Waals surface area contributed by atoms with Gasteiger partial charge in [-0.05, 0) is 42.3 Å². The van der Waals surface area contributed by atoms with Crippen LogP contribution in [0.5, 0.6) is 23.0 Å². The van der Waals surface area contributed by atoms with Gasteiger partial charge in [0.2, 0.25) is 0 Å². The fourth-order valence-electron chi connectivity index (χ4n) is 2.51. The molecule has 0 aliphatic carbocycles. The standard InChI is InChI=1S/C20H24O5/c1-5-6-14-7-9-18(19(11-14)23-3)25-13-16(21)15-8-10-17(22-2)20(12-15)24-4/h7-12H,5-6,13H2,1-4H3. The molecular formula is C20H24O5. The quantitative estimate of drug-likeness (QED) is 0.645. The number of hydrogen-bond donors (Lipinski definition) is 0. The second-order valence-corrected chi connectivity index (χ2v) is 5.52. The first-order valence-electron chi connectivity index (χ1n) is 8.17. The van der Waals surface area contributed by atoms with Crippen LogP contribution in [-0.4, -0.2) is 33.7 Å². The Hall–Kier alpha value is -2.69. The van der Waals surface area contributed by atoms with Gasteiger partial charge in [0.1, 0.15) is 0 Å². The molecule has 0 saturated heterocycles. The van der Waals surface area contributed by atoms with Crippen molar-refractivity contribution in [2.24, 2.45) is 0 Å². The molecule has 0 aromatic heterocycles. The smallest absolute Gasteiger partial charge is 0.200 e. The van der Waals surface area contributed by atoms with E-state index in [1.165, 1.54) is 12.7 Å². The maximum Gasteiger partial charge on any atom is 0.200 e. The van der Waals surface area contributed by atoms with Gasteiger partial charge in [0.05, 0.1) is 21.3 Å². The molecule has 0 radical (unpaired) electrons. The summed E-state index contributed by atoms with van der Waals surface area (Å²) in [6.07, 6.45) is 2.03. The number of rotatable bonds is 9. The molecule has 134 valence electrons. The molecule has 0 unspecified atom stereocenters. The van der Waals surface area contributed by atoms with Crippen molar-refractivity contribution in [1.82, 2.24) is 0 Å². The van der Waals surface area contributed by atoms with Crippen LogP contribution in [0.25, 0.3) is 0 Å². The monoisotopic (exact) mass is 344 g/mol. The summed E-state index contributed by atoms with van der Waals surface area (Å²) in [6, 6.07) is 10.8. The van der Waals surface area contributed by atoms with Crippen molar-refractivity contribution in [3.8, 4) is 23.0 Å². The number of carbonyl (C=O) groups is 1. The van der Waals surface area contributed by atoms with E-state index in [1.54, 1.807) is 32.4 Å². The molecule has 5 nitrogen and oxygen atoms in total. The fourth-order valence-corrected chi connectivity index (χ4v) is 2.51. The van der Waals surface area contributed by atoms with Crippen LogP contribution in [0, 0.1) is 0 Å². The lowest BCUT2D eigenvalue weighted by atomic mass is 10.1. The van der Waals surface area contributed by atoms with E-state index in [1.807, 2.05) is 18.2 Å². The molecule has 5 heteroatoms. The van der Waals surface area contributed by atoms with Crippen LogP contribution in [-0.2, 0) is 6.42 Å². The first kappa shape index (κ1) is 18.6. The second-order valence-electron chi connectivity index (χ2n) is 5.52. The summed E-state index contributed by atoms with van der Waals surface area (Å²) in [4.78, 5) is 12.4. The number of carbonyl (C=O) groups excluding carboxylic acids is 1. The highest BCUT2D eigenvalue weighted by atomic mass is 16.5. The van der Waals surface area contributed by atoms with Gasteiger partial charge < -0.3 is 18.9 Å². The summed E-state index contributed by atoms with van der Waals surface area (Å²) in [5.41, 5.74) is 1.68. The van der Waals surface area contributed by atoms with Gasteiger partial charge in [0.25, 0.3) is 0 Å². The van der Waals surface area contributed by atoms with Crippen molar-refractivity contribution in [3.05, 3.63) is 47.5 Å². The average molecular weight is 344 g/mol. The maximum absolute atomic E-state index is 12.4. The van der Waals surface area contributed by atoms with Crippen LogP contribution in [0.3, 0.4) is 0 Å². The molecule has 0 heterocycles. The normalized spacial score (nSPS) is 10.2. The summed E-state index contributed by atoms with van der Waals surface area (Å²) in [7, 11) is 4.68. The number of Topliss-reactive ketones (excluding diaryl/α,β-unsaturated/α-hetero) is 1. The zero-order valence-electron chi connectivity index (χ0n) is 15.1. The van der Waals surface area contributed by atoms with E-state index in [-0.39, 0.29) is 12.4 Å². The molecular weight excluding hydrogens is 320 g/mol. The third-order valence-corrected chi connectivity index (χ3v) is 3.83. The highest BCUT2D eigenvalue weighted by Gasteiger charge is 2.13. The Labute approximate surface area is 148 Å². The van der Waals surface area contributed by atoms with Gasteiger partial charge in [0.15, 0.2) is 35.4 Å². The van der Waals surface area contributed by atoms with Crippen LogP contribution in [0.2, 0.25) is 0 Å². The van der Waals surface area contributed by atoms with Gasteiger partial charge >= 0.3 is 0 Å². The number of benzene rings is 2. The van der Waals surface area contributed by atoms with Crippen LogP contribution < -0.4 is 18.9 Å². The third-order valence-electron chi connectivity index (χ3n) is 3.83. The molecule has 0 N–H and O–H groups in total. The molecule has 2 rings (SSSR count). The lowest BCUT2D eigenvalue weighted by Crippen LogP contribution is -2.12. The average Bonchev–Trinajstić information content (AvgIpc) is 2.66. The van der Waals surface area contributed by atoms with Crippen LogP contribution in [0.1, 0.15) is 29.3 Å². The van der Waals surface area contributed by atoms with Gasteiger partial charge in [0, 0.05) is 5.56 Å². The van der Waals surface area contributed by atoms with Crippen molar-refractivity contribution in [1.29, 1.82) is 0 Å². The molecule has 0 fully saturated rings. The molecule has 0 aliphatic heterocycles. The Bertz CT molecular complexity index is 724. The Balaban J connectivity index is 2.09. The lowest BCUT2D eigenvalue weighted by Gasteiger charge is -2.12. The summed E-state index contributed by atoms with van der Waals surface area (Å²) in [6.45, 7) is 2.04. The highest BCUT2D eigenvalue weighted by molar-refractivity contribution is 5.97. The van der Waals surface area contributed by atoms with Gasteiger partial charge in [-0.1, -0.05) is 19.4 Å². The summed E-state index contributed by atoms with van der Waals surface area (Å²) >= 11 is 0. The molecule has 2 aromatic carbocycles. The van der Waals surface area contributed by atoms with Gasteiger partial charge in [-0.2, -0.15) is 0 Å². The lowest BCUT2D eigenvalue weighted by molar-refractivity contribution is 0.0919. The van der Waals surface area contributed by atoms with E-state index < -0.39 is 0 Å². The number of hydrogen-bond acceptors (Lipinski definition) is 5. The van der Waals surface area contributed by atoms with Crippen molar-refractivity contribution in [3.63, 3.8) is 0 Å². The SMILES string of the molecule is CCCc1ccc(OCC(=O)c2ccc(OC)c(OC)c2)c(OC)c1. The van der Waals surface area contributed by atoms with E-state index in [0.717, 1.165) is 12.8 Å². The van der Waals surface area contributed by atoms with E-state index in [0.29, 0.717) is 28.6 Å². The number of methoxy groups -OCH3 is 3. The molecule has 0 aliphatic rings. The van der Waals surface area contributed by atoms with Crippen molar-refractivity contribution in [2.75, 3.05) is 27.9 Å². The summed E-state index contributed by atoms with van der Waals surface area (Å²) < 4.78 is 21.4. The highest BCUT2D eigenvalue weighted by Crippen LogP contribution is 2.30. The minimum Gasteiger partial charge on any atom is -0.493 e. The first-order valence-corrected chi connectivity index (χ1v) is 8.17. The molecule has 0 spiro atoms. The Kier molecular flexibility index (Phi) is 6.69. The van der Waals surface area contributed by atoms with E-state index in [9.17, 15) is 4.79 Å². The number of aryl methyl sites for hydroxylation is 1. The second kappa shape index (κ2) is 8.97. The topological polar surface area (TPSA) is 54.0 Å². The minimum absolute atomic E-state index is 0.0844.